The van der Waals surface area contributed by atoms with Crippen LogP contribution in [-0.4, -0.2) is 41.0 Å². The molecule has 2 atom stereocenters. The minimum Gasteiger partial charge on any atom is -0.485 e. The lowest BCUT2D eigenvalue weighted by Gasteiger charge is -2.36. The quantitative estimate of drug-likeness (QED) is 0.520. The molecule has 1 aliphatic rings. The summed E-state index contributed by atoms with van der Waals surface area (Å²) < 4.78 is 20.5. The Labute approximate surface area is 201 Å². The van der Waals surface area contributed by atoms with Crippen molar-refractivity contribution in [2.45, 2.75) is 32.5 Å². The summed E-state index contributed by atoms with van der Waals surface area (Å²) in [6.07, 6.45) is 1.65. The van der Waals surface area contributed by atoms with Gasteiger partial charge in [0.1, 0.15) is 12.4 Å². The Bertz CT molecular complexity index is 1150. The molecule has 0 radical (unpaired) electrons. The van der Waals surface area contributed by atoms with E-state index in [1.807, 2.05) is 29.2 Å². The number of hydrogen-bond acceptors (Lipinski definition) is 5. The van der Waals surface area contributed by atoms with Crippen LogP contribution >= 0.6 is 15.9 Å². The maximum absolute atomic E-state index is 14.1. The van der Waals surface area contributed by atoms with E-state index in [9.17, 15) is 9.18 Å². The monoisotopic (exact) mass is 512 g/mol. The zero-order chi connectivity index (χ0) is 23.5. The number of nitrogens with zero attached hydrogens (tertiary/aromatic N) is 2. The minimum atomic E-state index is -0.361. The van der Waals surface area contributed by atoms with E-state index in [0.717, 1.165) is 11.1 Å². The Balaban J connectivity index is 1.48. The maximum Gasteiger partial charge on any atom is 0.253 e. The van der Waals surface area contributed by atoms with Crippen LogP contribution in [0.1, 0.15) is 29.8 Å². The molecule has 172 valence electrons. The number of ether oxygens (including phenoxy) is 1. The van der Waals surface area contributed by atoms with Gasteiger partial charge in [-0.15, -0.1) is 0 Å². The zero-order valence-electron chi connectivity index (χ0n) is 18.5. The first-order valence-electron chi connectivity index (χ1n) is 10.8. The van der Waals surface area contributed by atoms with Crippen molar-refractivity contribution in [1.29, 1.82) is 0 Å². The highest BCUT2D eigenvalue weighted by Gasteiger charge is 2.25. The van der Waals surface area contributed by atoms with E-state index in [1.165, 1.54) is 6.07 Å². The molecule has 1 aliphatic heterocycles. The summed E-state index contributed by atoms with van der Waals surface area (Å²) in [5.74, 6) is 0.266. The Kier molecular flexibility index (Phi) is 6.95. The van der Waals surface area contributed by atoms with Crippen molar-refractivity contribution in [3.05, 3.63) is 76.1 Å². The van der Waals surface area contributed by atoms with Gasteiger partial charge in [0.05, 0.1) is 0 Å². The number of pyridine rings is 1. The van der Waals surface area contributed by atoms with Crippen molar-refractivity contribution in [3.63, 3.8) is 0 Å². The summed E-state index contributed by atoms with van der Waals surface area (Å²) in [7, 11) is 0. The number of nitrogen functional groups attached to an aromatic ring is 1. The van der Waals surface area contributed by atoms with Crippen molar-refractivity contribution in [1.82, 2.24) is 15.2 Å². The third kappa shape index (κ3) is 5.51. The standard InChI is InChI=1S/C25H26BrFN4O2/c1-15-12-31(13-16(2)30-15)25(32)18-5-3-17(4-6-18)20-9-23(24(28)29-11-20)33-14-19-7-8-21(26)10-22(19)27/h3-11,15-16,30H,12-14H2,1-2H3,(H2,28,29). The summed E-state index contributed by atoms with van der Waals surface area (Å²) in [5.41, 5.74) is 8.70. The molecule has 1 fully saturated rings. The number of hydrogen-bond donors (Lipinski definition) is 2. The Morgan fingerprint density at radius 3 is 2.52 bits per heavy atom. The van der Waals surface area contributed by atoms with Crippen LogP contribution in [0.2, 0.25) is 0 Å². The predicted octanol–water partition coefficient (Wildman–Crippen LogP) is 4.63. The van der Waals surface area contributed by atoms with Gasteiger partial charge >= 0.3 is 0 Å². The highest BCUT2D eigenvalue weighted by molar-refractivity contribution is 9.10. The van der Waals surface area contributed by atoms with E-state index in [4.69, 9.17) is 10.5 Å². The molecule has 1 saturated heterocycles. The normalized spacial score (nSPS) is 18.2. The number of halogens is 2. The summed E-state index contributed by atoms with van der Waals surface area (Å²) in [6.45, 7) is 5.57. The second-order valence-electron chi connectivity index (χ2n) is 8.39. The summed E-state index contributed by atoms with van der Waals surface area (Å²) in [4.78, 5) is 19.0. The number of anilines is 1. The molecule has 3 aromatic rings. The maximum atomic E-state index is 14.1. The molecular weight excluding hydrogens is 487 g/mol. The van der Waals surface area contributed by atoms with Crippen LogP contribution in [0.4, 0.5) is 10.2 Å². The molecule has 2 heterocycles. The molecule has 1 amide bonds. The van der Waals surface area contributed by atoms with Crippen LogP contribution in [0.3, 0.4) is 0 Å². The summed E-state index contributed by atoms with van der Waals surface area (Å²) >= 11 is 3.24. The average Bonchev–Trinajstić information content (AvgIpc) is 2.78. The molecule has 0 bridgehead atoms. The molecule has 6 nitrogen and oxygen atoms in total. The zero-order valence-corrected chi connectivity index (χ0v) is 20.1. The van der Waals surface area contributed by atoms with E-state index < -0.39 is 0 Å². The molecule has 3 N–H and O–H groups in total. The first-order chi connectivity index (χ1) is 15.8. The Morgan fingerprint density at radius 2 is 1.85 bits per heavy atom. The van der Waals surface area contributed by atoms with Crippen LogP contribution < -0.4 is 15.8 Å². The number of rotatable bonds is 5. The fourth-order valence-electron chi connectivity index (χ4n) is 4.00. The highest BCUT2D eigenvalue weighted by Crippen LogP contribution is 2.28. The number of carbonyl (C=O) groups is 1. The van der Waals surface area contributed by atoms with Gasteiger partial charge < -0.3 is 20.7 Å². The second kappa shape index (κ2) is 9.89. The number of carbonyl (C=O) groups excluding carboxylic acids is 1. The van der Waals surface area contributed by atoms with Crippen molar-refractivity contribution >= 4 is 27.7 Å². The lowest BCUT2D eigenvalue weighted by molar-refractivity contribution is 0.0674. The van der Waals surface area contributed by atoms with Gasteiger partial charge in [-0.05, 0) is 49.7 Å². The lowest BCUT2D eigenvalue weighted by Crippen LogP contribution is -2.55. The number of amides is 1. The van der Waals surface area contributed by atoms with Gasteiger partial charge in [-0.2, -0.15) is 0 Å². The van der Waals surface area contributed by atoms with Gasteiger partial charge in [-0.1, -0.05) is 34.1 Å². The van der Waals surface area contributed by atoms with Crippen molar-refractivity contribution in [2.75, 3.05) is 18.8 Å². The lowest BCUT2D eigenvalue weighted by atomic mass is 10.0. The minimum absolute atomic E-state index is 0.0257. The molecule has 0 saturated carbocycles. The van der Waals surface area contributed by atoms with Crippen molar-refractivity contribution in [2.24, 2.45) is 0 Å². The molecule has 2 aromatic carbocycles. The van der Waals surface area contributed by atoms with Gasteiger partial charge in [0.2, 0.25) is 0 Å². The molecule has 1 aromatic heterocycles. The first-order valence-corrected chi connectivity index (χ1v) is 11.6. The SMILES string of the molecule is CC1CN(C(=O)c2ccc(-c3cnc(N)c(OCc4ccc(Br)cc4F)c3)cc2)CC(C)N1. The van der Waals surface area contributed by atoms with Gasteiger partial charge in [-0.3, -0.25) is 4.79 Å². The fraction of sp³-hybridized carbons (Fsp3) is 0.280. The third-order valence-electron chi connectivity index (χ3n) is 5.59. The van der Waals surface area contributed by atoms with E-state index in [0.29, 0.717) is 34.4 Å². The molecule has 0 spiro atoms. The molecular formula is C25H26BrFN4O2. The molecule has 2 unspecified atom stereocenters. The number of piperazine rings is 1. The third-order valence-corrected chi connectivity index (χ3v) is 6.08. The summed E-state index contributed by atoms with van der Waals surface area (Å²) in [5, 5.41) is 3.44. The number of benzene rings is 2. The molecule has 0 aliphatic carbocycles. The van der Waals surface area contributed by atoms with E-state index in [1.54, 1.807) is 24.4 Å². The first kappa shape index (κ1) is 23.2. The number of nitrogens with one attached hydrogen (secondary N) is 1. The Hall–Kier alpha value is -2.97. The largest absolute Gasteiger partial charge is 0.485 e. The second-order valence-corrected chi connectivity index (χ2v) is 9.30. The smallest absolute Gasteiger partial charge is 0.253 e. The molecule has 33 heavy (non-hydrogen) atoms. The van der Waals surface area contributed by atoms with E-state index in [2.05, 4.69) is 40.1 Å². The van der Waals surface area contributed by atoms with Crippen LogP contribution in [0.5, 0.6) is 5.75 Å². The van der Waals surface area contributed by atoms with Crippen LogP contribution in [0, 0.1) is 5.82 Å². The fourth-order valence-corrected chi connectivity index (χ4v) is 4.34. The molecule has 4 rings (SSSR count). The number of aromatic nitrogens is 1. The van der Waals surface area contributed by atoms with Crippen molar-refractivity contribution in [3.8, 4) is 16.9 Å². The van der Waals surface area contributed by atoms with E-state index in [-0.39, 0.29) is 36.2 Å². The average molecular weight is 513 g/mol. The molecule has 8 heteroatoms. The summed E-state index contributed by atoms with van der Waals surface area (Å²) in [6, 6.07) is 14.5. The topological polar surface area (TPSA) is 80.5 Å². The van der Waals surface area contributed by atoms with Gasteiger partial charge in [-0.25, -0.2) is 9.37 Å². The van der Waals surface area contributed by atoms with Crippen LogP contribution in [0.25, 0.3) is 11.1 Å². The van der Waals surface area contributed by atoms with Gasteiger partial charge in [0, 0.05) is 52.5 Å². The van der Waals surface area contributed by atoms with Crippen molar-refractivity contribution < 1.29 is 13.9 Å². The predicted molar refractivity (Wildman–Crippen MR) is 130 cm³/mol. The van der Waals surface area contributed by atoms with Crippen LogP contribution in [-0.2, 0) is 6.61 Å². The Morgan fingerprint density at radius 1 is 1.15 bits per heavy atom. The highest BCUT2D eigenvalue weighted by atomic mass is 79.9. The van der Waals surface area contributed by atoms with Gasteiger partial charge in [0.25, 0.3) is 5.91 Å². The van der Waals surface area contributed by atoms with Gasteiger partial charge in [0.15, 0.2) is 11.6 Å². The van der Waals surface area contributed by atoms with Crippen LogP contribution in [0.15, 0.2) is 59.2 Å². The number of nitrogens with two attached hydrogens (primary N) is 1. The van der Waals surface area contributed by atoms with E-state index >= 15 is 0 Å².